The molecule has 3 heteroatoms. The molecule has 0 aliphatic rings. The molecule has 0 aromatic heterocycles. The van der Waals surface area contributed by atoms with Crippen LogP contribution in [-0.2, 0) is 0 Å². The number of benzene rings is 1. The normalized spacial score (nSPS) is 10.9. The molecule has 0 heterocycles. The van der Waals surface area contributed by atoms with E-state index in [0.717, 1.165) is 5.69 Å². The Labute approximate surface area is 90.9 Å². The van der Waals surface area contributed by atoms with Gasteiger partial charge in [0.25, 0.3) is 5.91 Å². The number of hydrogen-bond acceptors (Lipinski definition) is 2. The third-order valence-corrected chi connectivity index (χ3v) is 1.92. The van der Waals surface area contributed by atoms with E-state index >= 15 is 0 Å². The van der Waals surface area contributed by atoms with Gasteiger partial charge in [0.05, 0.1) is 0 Å². The van der Waals surface area contributed by atoms with Crippen molar-refractivity contribution >= 4 is 11.6 Å². The Hall–Kier alpha value is -1.51. The average molecular weight is 206 g/mol. The summed E-state index contributed by atoms with van der Waals surface area (Å²) in [4.78, 5) is 11.7. The number of anilines is 1. The molecule has 3 nitrogen and oxygen atoms in total. The van der Waals surface area contributed by atoms with E-state index in [1.54, 1.807) is 0 Å². The Kier molecular flexibility index (Phi) is 3.35. The molecular weight excluding hydrogens is 188 g/mol. The van der Waals surface area contributed by atoms with Crippen LogP contribution >= 0.6 is 0 Å². The lowest BCUT2D eigenvalue weighted by Crippen LogP contribution is -2.40. The minimum atomic E-state index is -0.196. The monoisotopic (exact) mass is 206 g/mol. The van der Waals surface area contributed by atoms with Crippen molar-refractivity contribution < 1.29 is 4.79 Å². The molecule has 0 unspecified atom stereocenters. The summed E-state index contributed by atoms with van der Waals surface area (Å²) in [5, 5.41) is 5.92. The molecule has 0 fully saturated rings. The molecule has 0 radical (unpaired) electrons. The predicted molar refractivity (Wildman–Crippen MR) is 63.2 cm³/mol. The van der Waals surface area contributed by atoms with Crippen LogP contribution in [0.5, 0.6) is 0 Å². The van der Waals surface area contributed by atoms with Crippen LogP contribution in [0, 0.1) is 0 Å². The van der Waals surface area contributed by atoms with E-state index in [-0.39, 0.29) is 11.4 Å². The Morgan fingerprint density at radius 1 is 1.13 bits per heavy atom. The molecule has 0 aliphatic heterocycles. The molecule has 0 atom stereocenters. The van der Waals surface area contributed by atoms with Gasteiger partial charge in [0, 0.05) is 23.8 Å². The van der Waals surface area contributed by atoms with Gasteiger partial charge in [0.1, 0.15) is 0 Å². The topological polar surface area (TPSA) is 41.1 Å². The van der Waals surface area contributed by atoms with Crippen molar-refractivity contribution in [3.63, 3.8) is 0 Å². The van der Waals surface area contributed by atoms with Crippen molar-refractivity contribution in [2.75, 3.05) is 12.4 Å². The molecule has 1 rings (SSSR count). The first-order chi connectivity index (χ1) is 6.92. The summed E-state index contributed by atoms with van der Waals surface area (Å²) in [7, 11) is 1.85. The summed E-state index contributed by atoms with van der Waals surface area (Å²) < 4.78 is 0. The lowest BCUT2D eigenvalue weighted by atomic mass is 10.1. The summed E-state index contributed by atoms with van der Waals surface area (Å²) >= 11 is 0. The van der Waals surface area contributed by atoms with Crippen LogP contribution in [0.4, 0.5) is 5.69 Å². The minimum absolute atomic E-state index is 0.0369. The fourth-order valence-corrected chi connectivity index (χ4v) is 1.20. The number of amides is 1. The van der Waals surface area contributed by atoms with Gasteiger partial charge < -0.3 is 10.6 Å². The van der Waals surface area contributed by atoms with Crippen molar-refractivity contribution in [2.24, 2.45) is 0 Å². The van der Waals surface area contributed by atoms with Gasteiger partial charge >= 0.3 is 0 Å². The molecule has 0 spiro atoms. The maximum atomic E-state index is 11.7. The molecule has 82 valence electrons. The van der Waals surface area contributed by atoms with Crippen molar-refractivity contribution in [1.82, 2.24) is 5.32 Å². The highest BCUT2D eigenvalue weighted by molar-refractivity contribution is 5.94. The zero-order valence-electron chi connectivity index (χ0n) is 9.72. The molecular formula is C12H18N2O. The van der Waals surface area contributed by atoms with Gasteiger partial charge in [-0.3, -0.25) is 4.79 Å². The number of carbonyl (C=O) groups is 1. The summed E-state index contributed by atoms with van der Waals surface area (Å²) in [5.74, 6) is -0.0369. The number of carbonyl (C=O) groups excluding carboxylic acids is 1. The van der Waals surface area contributed by atoms with E-state index in [1.165, 1.54) is 0 Å². The van der Waals surface area contributed by atoms with E-state index in [9.17, 15) is 4.79 Å². The van der Waals surface area contributed by atoms with Gasteiger partial charge in [-0.05, 0) is 45.0 Å². The van der Waals surface area contributed by atoms with Crippen LogP contribution in [0.1, 0.15) is 31.1 Å². The fraction of sp³-hybridized carbons (Fsp3) is 0.417. The SMILES string of the molecule is CNc1ccc(C(=O)NC(C)(C)C)cc1. The molecule has 1 aromatic rings. The standard InChI is InChI=1S/C12H18N2O/c1-12(2,3)14-11(15)9-5-7-10(13-4)8-6-9/h5-8,13H,1-4H3,(H,14,15). The fourth-order valence-electron chi connectivity index (χ4n) is 1.20. The second-order valence-electron chi connectivity index (χ2n) is 4.53. The third-order valence-electron chi connectivity index (χ3n) is 1.92. The molecule has 15 heavy (non-hydrogen) atoms. The third kappa shape index (κ3) is 3.62. The smallest absolute Gasteiger partial charge is 0.251 e. The highest BCUT2D eigenvalue weighted by atomic mass is 16.1. The summed E-state index contributed by atoms with van der Waals surface area (Å²) in [6.45, 7) is 5.90. The Bertz CT molecular complexity index is 336. The quantitative estimate of drug-likeness (QED) is 0.779. The van der Waals surface area contributed by atoms with Crippen LogP contribution in [0.15, 0.2) is 24.3 Å². The maximum absolute atomic E-state index is 11.7. The first kappa shape index (κ1) is 11.6. The summed E-state index contributed by atoms with van der Waals surface area (Å²) in [5.41, 5.74) is 1.49. The van der Waals surface area contributed by atoms with E-state index < -0.39 is 0 Å². The molecule has 0 bridgehead atoms. The Morgan fingerprint density at radius 2 is 1.67 bits per heavy atom. The summed E-state index contributed by atoms with van der Waals surface area (Å²) in [6, 6.07) is 7.40. The molecule has 2 N–H and O–H groups in total. The molecule has 0 aliphatic carbocycles. The number of hydrogen-bond donors (Lipinski definition) is 2. The van der Waals surface area contributed by atoms with Crippen molar-refractivity contribution in [3.05, 3.63) is 29.8 Å². The zero-order valence-corrected chi connectivity index (χ0v) is 9.72. The van der Waals surface area contributed by atoms with Crippen LogP contribution in [-0.4, -0.2) is 18.5 Å². The molecule has 1 amide bonds. The highest BCUT2D eigenvalue weighted by Gasteiger charge is 2.14. The van der Waals surface area contributed by atoms with E-state index in [4.69, 9.17) is 0 Å². The predicted octanol–water partition coefficient (Wildman–Crippen LogP) is 2.26. The van der Waals surface area contributed by atoms with E-state index in [2.05, 4.69) is 10.6 Å². The molecule has 1 aromatic carbocycles. The van der Waals surface area contributed by atoms with Gasteiger partial charge in [0.15, 0.2) is 0 Å². The zero-order chi connectivity index (χ0) is 11.5. The average Bonchev–Trinajstić information content (AvgIpc) is 2.15. The summed E-state index contributed by atoms with van der Waals surface area (Å²) in [6.07, 6.45) is 0. The molecule has 0 saturated carbocycles. The second kappa shape index (κ2) is 4.34. The highest BCUT2D eigenvalue weighted by Crippen LogP contribution is 2.09. The number of nitrogens with one attached hydrogen (secondary N) is 2. The largest absolute Gasteiger partial charge is 0.388 e. The Morgan fingerprint density at radius 3 is 2.07 bits per heavy atom. The second-order valence-corrected chi connectivity index (χ2v) is 4.53. The molecule has 0 saturated heterocycles. The van der Waals surface area contributed by atoms with Crippen LogP contribution in [0.3, 0.4) is 0 Å². The van der Waals surface area contributed by atoms with Crippen molar-refractivity contribution in [3.8, 4) is 0 Å². The van der Waals surface area contributed by atoms with Crippen LogP contribution in [0.2, 0.25) is 0 Å². The van der Waals surface area contributed by atoms with Crippen LogP contribution in [0.25, 0.3) is 0 Å². The van der Waals surface area contributed by atoms with Crippen molar-refractivity contribution in [2.45, 2.75) is 26.3 Å². The van der Waals surface area contributed by atoms with Crippen LogP contribution < -0.4 is 10.6 Å². The first-order valence-corrected chi connectivity index (χ1v) is 5.03. The van der Waals surface area contributed by atoms with Gasteiger partial charge in [-0.15, -0.1) is 0 Å². The van der Waals surface area contributed by atoms with Gasteiger partial charge in [-0.25, -0.2) is 0 Å². The van der Waals surface area contributed by atoms with Gasteiger partial charge in [0.2, 0.25) is 0 Å². The number of rotatable bonds is 2. The van der Waals surface area contributed by atoms with Crippen molar-refractivity contribution in [1.29, 1.82) is 0 Å². The maximum Gasteiger partial charge on any atom is 0.251 e. The Balaban J connectivity index is 2.75. The van der Waals surface area contributed by atoms with Gasteiger partial charge in [-0.2, -0.15) is 0 Å². The van der Waals surface area contributed by atoms with E-state index in [1.807, 2.05) is 52.1 Å². The minimum Gasteiger partial charge on any atom is -0.388 e. The lowest BCUT2D eigenvalue weighted by Gasteiger charge is -2.20. The lowest BCUT2D eigenvalue weighted by molar-refractivity contribution is 0.0919. The van der Waals surface area contributed by atoms with Gasteiger partial charge in [-0.1, -0.05) is 0 Å². The first-order valence-electron chi connectivity index (χ1n) is 5.03. The van der Waals surface area contributed by atoms with E-state index in [0.29, 0.717) is 5.56 Å².